The molecule has 0 spiro atoms. The SMILES string of the molecule is COc1nc(-c2cccc(-c3ccn4c(=O)c(CNC[C@@H]5CCCO5)cnc4c3)c2Cl)ccc1CNC[C@@H]1CCC(=O)N1. The number of hydrogen-bond acceptors (Lipinski definition) is 8. The van der Waals surface area contributed by atoms with Gasteiger partial charge in [0.05, 0.1) is 23.9 Å². The van der Waals surface area contributed by atoms with E-state index in [9.17, 15) is 9.59 Å². The van der Waals surface area contributed by atoms with E-state index in [1.807, 2.05) is 42.5 Å². The summed E-state index contributed by atoms with van der Waals surface area (Å²) in [5.41, 5.74) is 5.06. The van der Waals surface area contributed by atoms with Crippen LogP contribution in [0.15, 0.2) is 59.7 Å². The van der Waals surface area contributed by atoms with Crippen LogP contribution in [0.1, 0.15) is 36.8 Å². The average molecular weight is 603 g/mol. The molecule has 0 unspecified atom stereocenters. The van der Waals surface area contributed by atoms with Crippen molar-refractivity contribution in [3.05, 3.63) is 81.4 Å². The maximum Gasteiger partial charge on any atom is 0.262 e. The highest BCUT2D eigenvalue weighted by Gasteiger charge is 2.21. The number of hydrogen-bond donors (Lipinski definition) is 3. The van der Waals surface area contributed by atoms with Crippen molar-refractivity contribution in [2.45, 2.75) is 50.9 Å². The molecule has 2 saturated heterocycles. The first-order valence-electron chi connectivity index (χ1n) is 14.7. The first-order chi connectivity index (χ1) is 21.0. The molecule has 5 heterocycles. The number of nitrogens with zero attached hydrogens (tertiary/aromatic N) is 3. The Bertz CT molecular complexity index is 1690. The molecule has 0 aliphatic carbocycles. The van der Waals surface area contributed by atoms with E-state index in [-0.39, 0.29) is 23.6 Å². The molecule has 3 aromatic heterocycles. The number of halogens is 1. The molecule has 0 bridgehead atoms. The van der Waals surface area contributed by atoms with Gasteiger partial charge in [0.2, 0.25) is 11.8 Å². The van der Waals surface area contributed by atoms with Crippen LogP contribution in [0.4, 0.5) is 0 Å². The van der Waals surface area contributed by atoms with Crippen LogP contribution in [0.3, 0.4) is 0 Å². The Morgan fingerprint density at radius 2 is 1.91 bits per heavy atom. The van der Waals surface area contributed by atoms with Crippen LogP contribution in [0.25, 0.3) is 28.0 Å². The summed E-state index contributed by atoms with van der Waals surface area (Å²) in [5, 5.41) is 10.2. The fraction of sp³-hybridized carbons (Fsp3) is 0.375. The van der Waals surface area contributed by atoms with E-state index in [0.29, 0.717) is 53.9 Å². The van der Waals surface area contributed by atoms with Crippen molar-refractivity contribution in [3.63, 3.8) is 0 Å². The standard InChI is InChI=1S/C32H35ClN6O4/c1-42-31-21(15-34-18-23-8-10-29(40)37-23)7-9-27(38-31)26-6-2-5-25(30(26)33)20-11-12-39-28(14-20)36-17-22(32(39)41)16-35-19-24-4-3-13-43-24/h2,5-7,9,11-12,14,17,23-24,34-35H,3-4,8,10,13,15-16,18-19H2,1H3,(H,37,40)/t23-,24-/m0/s1. The maximum absolute atomic E-state index is 13.1. The predicted molar refractivity (Wildman–Crippen MR) is 165 cm³/mol. The van der Waals surface area contributed by atoms with Gasteiger partial charge in [-0.05, 0) is 43.0 Å². The van der Waals surface area contributed by atoms with Gasteiger partial charge in [-0.15, -0.1) is 0 Å². The van der Waals surface area contributed by atoms with Crippen molar-refractivity contribution in [1.29, 1.82) is 0 Å². The molecular weight excluding hydrogens is 568 g/mol. The molecule has 1 aromatic carbocycles. The van der Waals surface area contributed by atoms with Gasteiger partial charge in [0.15, 0.2) is 0 Å². The minimum Gasteiger partial charge on any atom is -0.481 e. The summed E-state index contributed by atoms with van der Waals surface area (Å²) in [4.78, 5) is 33.9. The summed E-state index contributed by atoms with van der Waals surface area (Å²) >= 11 is 6.96. The normalized spacial score (nSPS) is 18.3. The monoisotopic (exact) mass is 602 g/mol. The van der Waals surface area contributed by atoms with Gasteiger partial charge < -0.3 is 25.4 Å². The van der Waals surface area contributed by atoms with E-state index in [0.717, 1.165) is 54.7 Å². The van der Waals surface area contributed by atoms with Gasteiger partial charge in [-0.2, -0.15) is 0 Å². The zero-order chi connectivity index (χ0) is 29.8. The summed E-state index contributed by atoms with van der Waals surface area (Å²) in [7, 11) is 1.60. The lowest BCUT2D eigenvalue weighted by atomic mass is 10.0. The summed E-state index contributed by atoms with van der Waals surface area (Å²) in [5.74, 6) is 0.614. The number of ether oxygens (including phenoxy) is 2. The Morgan fingerprint density at radius 1 is 1.07 bits per heavy atom. The van der Waals surface area contributed by atoms with Gasteiger partial charge in [0.25, 0.3) is 5.56 Å². The van der Waals surface area contributed by atoms with Crippen LogP contribution in [0.2, 0.25) is 5.02 Å². The van der Waals surface area contributed by atoms with Crippen molar-refractivity contribution in [1.82, 2.24) is 30.3 Å². The van der Waals surface area contributed by atoms with E-state index >= 15 is 0 Å². The number of amides is 1. The topological polar surface area (TPSA) is 119 Å². The first-order valence-corrected chi connectivity index (χ1v) is 15.0. The number of carbonyl (C=O) groups is 1. The molecular formula is C32H35ClN6O4. The number of rotatable bonds is 11. The highest BCUT2D eigenvalue weighted by molar-refractivity contribution is 6.36. The molecule has 2 fully saturated rings. The molecule has 4 aromatic rings. The van der Waals surface area contributed by atoms with Gasteiger partial charge in [0.1, 0.15) is 5.65 Å². The first kappa shape index (κ1) is 29.3. The molecule has 6 rings (SSSR count). The zero-order valence-corrected chi connectivity index (χ0v) is 24.8. The van der Waals surface area contributed by atoms with Crippen LogP contribution < -0.4 is 26.2 Å². The molecule has 1 amide bonds. The fourth-order valence-corrected chi connectivity index (χ4v) is 6.00. The van der Waals surface area contributed by atoms with Gasteiger partial charge in [-0.25, -0.2) is 9.97 Å². The summed E-state index contributed by atoms with van der Waals surface area (Å²) in [6.07, 6.45) is 7.14. The lowest BCUT2D eigenvalue weighted by Gasteiger charge is -2.15. The van der Waals surface area contributed by atoms with Crippen LogP contribution >= 0.6 is 11.6 Å². The minimum absolute atomic E-state index is 0.102. The summed E-state index contributed by atoms with van der Waals surface area (Å²) < 4.78 is 12.8. The highest BCUT2D eigenvalue weighted by atomic mass is 35.5. The molecule has 43 heavy (non-hydrogen) atoms. The van der Waals surface area contributed by atoms with Crippen molar-refractivity contribution in [3.8, 4) is 28.3 Å². The third kappa shape index (κ3) is 6.57. The predicted octanol–water partition coefficient (Wildman–Crippen LogP) is 3.72. The number of fused-ring (bicyclic) bond motifs is 1. The molecule has 11 heteroatoms. The summed E-state index contributed by atoms with van der Waals surface area (Å²) in [6, 6.07) is 13.6. The second kappa shape index (κ2) is 13.2. The largest absolute Gasteiger partial charge is 0.481 e. The molecule has 2 aliphatic rings. The highest BCUT2D eigenvalue weighted by Crippen LogP contribution is 2.37. The molecule has 2 aliphatic heterocycles. The Hall–Kier alpha value is -3.83. The third-order valence-corrected chi connectivity index (χ3v) is 8.41. The Morgan fingerprint density at radius 3 is 2.70 bits per heavy atom. The van der Waals surface area contributed by atoms with Gasteiger partial charge in [-0.3, -0.25) is 14.0 Å². The van der Waals surface area contributed by atoms with Crippen molar-refractivity contribution >= 4 is 23.2 Å². The number of benzene rings is 1. The third-order valence-electron chi connectivity index (χ3n) is 8.00. The van der Waals surface area contributed by atoms with E-state index in [1.165, 1.54) is 0 Å². The second-order valence-corrected chi connectivity index (χ2v) is 11.3. The fourth-order valence-electron chi connectivity index (χ4n) is 5.67. The minimum atomic E-state index is -0.102. The second-order valence-electron chi connectivity index (χ2n) is 11.0. The Labute approximate surface area is 254 Å². The van der Waals surface area contributed by atoms with E-state index < -0.39 is 0 Å². The number of carbonyl (C=O) groups excluding carboxylic acids is 1. The maximum atomic E-state index is 13.1. The molecule has 0 saturated carbocycles. The lowest BCUT2D eigenvalue weighted by molar-refractivity contribution is -0.119. The van der Waals surface area contributed by atoms with Crippen molar-refractivity contribution < 1.29 is 14.3 Å². The van der Waals surface area contributed by atoms with Gasteiger partial charge in [-0.1, -0.05) is 35.9 Å². The van der Waals surface area contributed by atoms with Crippen LogP contribution in [0.5, 0.6) is 5.88 Å². The Kier molecular flexibility index (Phi) is 8.99. The van der Waals surface area contributed by atoms with E-state index in [4.69, 9.17) is 26.1 Å². The summed E-state index contributed by atoms with van der Waals surface area (Å²) in [6.45, 7) is 3.21. The van der Waals surface area contributed by atoms with Crippen molar-refractivity contribution in [2.75, 3.05) is 26.8 Å². The van der Waals surface area contributed by atoms with Crippen molar-refractivity contribution in [2.24, 2.45) is 0 Å². The Balaban J connectivity index is 1.19. The van der Waals surface area contributed by atoms with E-state index in [2.05, 4.69) is 20.9 Å². The van der Waals surface area contributed by atoms with Crippen LogP contribution in [0, 0.1) is 0 Å². The van der Waals surface area contributed by atoms with Crippen LogP contribution in [-0.2, 0) is 22.6 Å². The van der Waals surface area contributed by atoms with Gasteiger partial charge >= 0.3 is 0 Å². The number of aromatic nitrogens is 3. The smallest absolute Gasteiger partial charge is 0.262 e. The number of pyridine rings is 2. The quantitative estimate of drug-likeness (QED) is 0.238. The molecule has 2 atom stereocenters. The molecule has 0 radical (unpaired) electrons. The van der Waals surface area contributed by atoms with Gasteiger partial charge in [0, 0.05) is 79.9 Å². The number of nitrogens with one attached hydrogen (secondary N) is 3. The average Bonchev–Trinajstić information content (AvgIpc) is 3.70. The molecule has 10 nitrogen and oxygen atoms in total. The van der Waals surface area contributed by atoms with E-state index in [1.54, 1.807) is 23.9 Å². The number of methoxy groups -OCH3 is 1. The zero-order valence-electron chi connectivity index (χ0n) is 24.1. The lowest BCUT2D eigenvalue weighted by Crippen LogP contribution is -2.35. The van der Waals surface area contributed by atoms with Crippen LogP contribution in [-0.4, -0.2) is 59.2 Å². The molecule has 3 N–H and O–H groups in total. The molecule has 224 valence electrons.